The lowest BCUT2D eigenvalue weighted by Gasteiger charge is -2.26. The van der Waals surface area contributed by atoms with E-state index in [-0.39, 0.29) is 0 Å². The molecule has 2 heteroatoms. The van der Waals surface area contributed by atoms with Crippen LogP contribution in [0.15, 0.2) is 30.3 Å². The fraction of sp³-hybridized carbons (Fsp3) is 0.500. The molecule has 0 saturated heterocycles. The number of hydrogen-bond donors (Lipinski definition) is 1. The van der Waals surface area contributed by atoms with E-state index in [0.29, 0.717) is 12.0 Å². The van der Waals surface area contributed by atoms with E-state index >= 15 is 0 Å². The summed E-state index contributed by atoms with van der Waals surface area (Å²) in [6, 6.07) is 11.1. The van der Waals surface area contributed by atoms with Crippen molar-refractivity contribution in [3.05, 3.63) is 35.9 Å². The maximum absolute atomic E-state index is 10.6. The molecule has 0 spiro atoms. The summed E-state index contributed by atoms with van der Waals surface area (Å²) < 4.78 is 0. The normalized spacial score (nSPS) is 25.2. The second-order valence-corrected chi connectivity index (χ2v) is 4.61. The third kappa shape index (κ3) is 3.17. The summed E-state index contributed by atoms with van der Waals surface area (Å²) in [4.78, 5) is 10.6. The van der Waals surface area contributed by atoms with Crippen LogP contribution < -0.4 is 5.32 Å². The van der Waals surface area contributed by atoms with Crippen LogP contribution in [0, 0.1) is 5.92 Å². The van der Waals surface area contributed by atoms with E-state index in [1.807, 2.05) is 6.07 Å². The maximum atomic E-state index is 10.6. The fourth-order valence-corrected chi connectivity index (χ4v) is 2.32. The quantitative estimate of drug-likeness (QED) is 0.785. The summed E-state index contributed by atoms with van der Waals surface area (Å²) in [5, 5.41) is 3.57. The Kier molecular flexibility index (Phi) is 4.11. The Morgan fingerprint density at radius 2 is 1.81 bits per heavy atom. The molecule has 0 atom stereocenters. The molecule has 1 aliphatic carbocycles. The van der Waals surface area contributed by atoms with Gasteiger partial charge in [0.25, 0.3) is 0 Å². The lowest BCUT2D eigenvalue weighted by atomic mass is 9.87. The highest BCUT2D eigenvalue weighted by Crippen LogP contribution is 2.22. The molecule has 1 saturated carbocycles. The van der Waals surface area contributed by atoms with Crippen LogP contribution in [0.3, 0.4) is 0 Å². The van der Waals surface area contributed by atoms with Crippen molar-refractivity contribution >= 4 is 6.29 Å². The first-order valence-electron chi connectivity index (χ1n) is 6.11. The highest BCUT2D eigenvalue weighted by atomic mass is 16.1. The largest absolute Gasteiger partial charge is 0.310 e. The summed E-state index contributed by atoms with van der Waals surface area (Å²) in [7, 11) is 0. The third-order valence-corrected chi connectivity index (χ3v) is 3.40. The van der Waals surface area contributed by atoms with Crippen LogP contribution in [0.2, 0.25) is 0 Å². The number of nitrogens with one attached hydrogen (secondary N) is 1. The van der Waals surface area contributed by atoms with Gasteiger partial charge in [0.05, 0.1) is 0 Å². The molecule has 0 heterocycles. The molecule has 1 aliphatic rings. The lowest BCUT2D eigenvalue weighted by molar-refractivity contribution is -0.112. The van der Waals surface area contributed by atoms with Crippen molar-refractivity contribution in [2.24, 2.45) is 5.92 Å². The Morgan fingerprint density at radius 1 is 1.12 bits per heavy atom. The Bertz CT molecular complexity index is 315. The molecule has 0 amide bonds. The Morgan fingerprint density at radius 3 is 2.44 bits per heavy atom. The van der Waals surface area contributed by atoms with Crippen LogP contribution in [0.4, 0.5) is 0 Å². The number of aldehydes is 1. The average Bonchev–Trinajstić information content (AvgIpc) is 2.38. The van der Waals surface area contributed by atoms with Crippen molar-refractivity contribution in [3.63, 3.8) is 0 Å². The summed E-state index contributed by atoms with van der Waals surface area (Å²) in [5.74, 6) is 0.315. The number of benzene rings is 1. The zero-order valence-corrected chi connectivity index (χ0v) is 9.56. The predicted octanol–water partition coefficient (Wildman–Crippen LogP) is 2.53. The van der Waals surface area contributed by atoms with E-state index in [9.17, 15) is 4.79 Å². The van der Waals surface area contributed by atoms with Gasteiger partial charge in [0, 0.05) is 18.5 Å². The van der Waals surface area contributed by atoms with Crippen LogP contribution in [-0.4, -0.2) is 12.3 Å². The first-order valence-corrected chi connectivity index (χ1v) is 6.11. The topological polar surface area (TPSA) is 29.1 Å². The Hall–Kier alpha value is -1.15. The van der Waals surface area contributed by atoms with Gasteiger partial charge in [-0.2, -0.15) is 0 Å². The zero-order valence-electron chi connectivity index (χ0n) is 9.56. The molecule has 0 aromatic heterocycles. The van der Waals surface area contributed by atoms with E-state index in [0.717, 1.165) is 38.5 Å². The molecule has 2 rings (SSSR count). The van der Waals surface area contributed by atoms with Gasteiger partial charge >= 0.3 is 0 Å². The van der Waals surface area contributed by atoms with Crippen molar-refractivity contribution in [1.82, 2.24) is 5.32 Å². The van der Waals surface area contributed by atoms with Gasteiger partial charge in [-0.05, 0) is 31.2 Å². The van der Waals surface area contributed by atoms with Gasteiger partial charge in [-0.3, -0.25) is 0 Å². The van der Waals surface area contributed by atoms with Crippen molar-refractivity contribution in [1.29, 1.82) is 0 Å². The molecule has 1 aromatic rings. The second-order valence-electron chi connectivity index (χ2n) is 4.61. The van der Waals surface area contributed by atoms with Crippen molar-refractivity contribution in [2.75, 3.05) is 0 Å². The SMILES string of the molecule is O=CC1CCC(NCc2ccccc2)CC1. The molecule has 2 nitrogen and oxygen atoms in total. The molecule has 1 N–H and O–H groups in total. The second kappa shape index (κ2) is 5.80. The fourth-order valence-electron chi connectivity index (χ4n) is 2.32. The molecule has 1 aromatic carbocycles. The minimum Gasteiger partial charge on any atom is -0.310 e. The number of carbonyl (C=O) groups is 1. The summed E-state index contributed by atoms with van der Waals surface area (Å²) in [6.07, 6.45) is 5.49. The minimum atomic E-state index is 0.315. The molecule has 1 fully saturated rings. The molecule has 0 bridgehead atoms. The van der Waals surface area contributed by atoms with Gasteiger partial charge in [0.15, 0.2) is 0 Å². The van der Waals surface area contributed by atoms with E-state index in [1.165, 1.54) is 5.56 Å². The van der Waals surface area contributed by atoms with Crippen molar-refractivity contribution < 1.29 is 4.79 Å². The number of rotatable bonds is 4. The first kappa shape index (κ1) is 11.3. The summed E-state index contributed by atoms with van der Waals surface area (Å²) >= 11 is 0. The monoisotopic (exact) mass is 217 g/mol. The lowest BCUT2D eigenvalue weighted by Crippen LogP contribution is -2.33. The van der Waals surface area contributed by atoms with Crippen LogP contribution in [0.1, 0.15) is 31.2 Å². The number of carbonyl (C=O) groups excluding carboxylic acids is 1. The van der Waals surface area contributed by atoms with Crippen LogP contribution in [0.5, 0.6) is 0 Å². The summed E-state index contributed by atoms with van der Waals surface area (Å²) in [5.41, 5.74) is 1.33. The molecular weight excluding hydrogens is 198 g/mol. The highest BCUT2D eigenvalue weighted by molar-refractivity contribution is 5.53. The van der Waals surface area contributed by atoms with Gasteiger partial charge in [0.2, 0.25) is 0 Å². The minimum absolute atomic E-state index is 0.315. The third-order valence-electron chi connectivity index (χ3n) is 3.40. The van der Waals surface area contributed by atoms with Gasteiger partial charge < -0.3 is 10.1 Å². The van der Waals surface area contributed by atoms with Crippen molar-refractivity contribution in [2.45, 2.75) is 38.3 Å². The van der Waals surface area contributed by atoms with Crippen LogP contribution in [0.25, 0.3) is 0 Å². The molecule has 0 unspecified atom stereocenters. The van der Waals surface area contributed by atoms with Gasteiger partial charge in [-0.1, -0.05) is 30.3 Å². The molecule has 16 heavy (non-hydrogen) atoms. The Balaban J connectivity index is 1.73. The molecule has 0 aliphatic heterocycles. The maximum Gasteiger partial charge on any atom is 0.123 e. The predicted molar refractivity (Wildman–Crippen MR) is 65.1 cm³/mol. The zero-order chi connectivity index (χ0) is 11.2. The average molecular weight is 217 g/mol. The van der Waals surface area contributed by atoms with Gasteiger partial charge in [0.1, 0.15) is 6.29 Å². The molecular formula is C14H19NO. The summed E-state index contributed by atoms with van der Waals surface area (Å²) in [6.45, 7) is 0.942. The van der Waals surface area contributed by atoms with Crippen LogP contribution >= 0.6 is 0 Å². The molecule has 0 radical (unpaired) electrons. The number of hydrogen-bond acceptors (Lipinski definition) is 2. The standard InChI is InChI=1S/C14H19NO/c16-11-13-6-8-14(9-7-13)15-10-12-4-2-1-3-5-12/h1-5,11,13-15H,6-10H2. The smallest absolute Gasteiger partial charge is 0.123 e. The van der Waals surface area contributed by atoms with E-state index in [2.05, 4.69) is 29.6 Å². The van der Waals surface area contributed by atoms with Crippen molar-refractivity contribution in [3.8, 4) is 0 Å². The highest BCUT2D eigenvalue weighted by Gasteiger charge is 2.19. The van der Waals surface area contributed by atoms with E-state index < -0.39 is 0 Å². The van der Waals surface area contributed by atoms with Gasteiger partial charge in [-0.15, -0.1) is 0 Å². The van der Waals surface area contributed by atoms with E-state index in [4.69, 9.17) is 0 Å². The Labute approximate surface area is 97.1 Å². The van der Waals surface area contributed by atoms with E-state index in [1.54, 1.807) is 0 Å². The van der Waals surface area contributed by atoms with Crippen LogP contribution in [-0.2, 0) is 11.3 Å². The van der Waals surface area contributed by atoms with Gasteiger partial charge in [-0.25, -0.2) is 0 Å². The molecule has 86 valence electrons. The first-order chi connectivity index (χ1) is 7.88.